The van der Waals surface area contributed by atoms with Crippen molar-refractivity contribution in [1.82, 2.24) is 14.8 Å². The van der Waals surface area contributed by atoms with E-state index in [0.717, 1.165) is 0 Å². The third-order valence-corrected chi connectivity index (χ3v) is 4.86. The minimum absolute atomic E-state index is 0.0952. The van der Waals surface area contributed by atoms with Crippen LogP contribution in [0.4, 0.5) is 10.3 Å². The average molecular weight is 403 g/mol. The van der Waals surface area contributed by atoms with E-state index in [0.29, 0.717) is 23.0 Å². The molecule has 2 aromatic carbocycles. The van der Waals surface area contributed by atoms with E-state index in [1.807, 2.05) is 6.07 Å². The van der Waals surface area contributed by atoms with Crippen LogP contribution in [-0.4, -0.2) is 27.8 Å². The molecule has 144 valence electrons. The van der Waals surface area contributed by atoms with E-state index in [9.17, 15) is 9.18 Å². The Morgan fingerprint density at radius 2 is 2.14 bits per heavy atom. The maximum atomic E-state index is 14.1. The quantitative estimate of drug-likeness (QED) is 0.705. The van der Waals surface area contributed by atoms with E-state index >= 15 is 0 Å². The van der Waals surface area contributed by atoms with Gasteiger partial charge < -0.3 is 9.47 Å². The van der Waals surface area contributed by atoms with Gasteiger partial charge in [-0.15, -0.1) is 0 Å². The molecular weight excluding hydrogens is 387 g/mol. The third kappa shape index (κ3) is 3.27. The van der Waals surface area contributed by atoms with Crippen LogP contribution in [0.1, 0.15) is 23.6 Å². The average Bonchev–Trinajstić information content (AvgIpc) is 3.15. The lowest BCUT2D eigenvalue weighted by Crippen LogP contribution is -2.29. The zero-order valence-electron chi connectivity index (χ0n) is 14.9. The second kappa shape index (κ2) is 7.47. The fraction of sp³-hybridized carbons (Fsp3) is 0.211. The highest BCUT2D eigenvalue weighted by Crippen LogP contribution is 2.40. The molecule has 0 bridgehead atoms. The number of aromatic nitrogens is 3. The highest BCUT2D eigenvalue weighted by Gasteiger charge is 2.31. The normalized spacial score (nSPS) is 15.7. The van der Waals surface area contributed by atoms with E-state index < -0.39 is 11.9 Å². The van der Waals surface area contributed by atoms with Crippen molar-refractivity contribution in [2.45, 2.75) is 19.1 Å². The SMILES string of the molecule is COc1cccc([C@H]2CC(=O)Nc3ncnn32)c1OCc1c(F)cccc1Cl. The number of carbonyl (C=O) groups is 1. The Bertz CT molecular complexity index is 1020. The maximum Gasteiger partial charge on any atom is 0.229 e. The Morgan fingerprint density at radius 1 is 1.32 bits per heavy atom. The molecule has 1 atom stereocenters. The zero-order chi connectivity index (χ0) is 19.7. The van der Waals surface area contributed by atoms with Crippen LogP contribution in [0.5, 0.6) is 11.5 Å². The largest absolute Gasteiger partial charge is 0.493 e. The van der Waals surface area contributed by atoms with Gasteiger partial charge >= 0.3 is 0 Å². The molecule has 0 radical (unpaired) electrons. The summed E-state index contributed by atoms with van der Waals surface area (Å²) in [6.45, 7) is -0.0952. The summed E-state index contributed by atoms with van der Waals surface area (Å²) in [4.78, 5) is 16.2. The Balaban J connectivity index is 1.73. The zero-order valence-corrected chi connectivity index (χ0v) is 15.6. The van der Waals surface area contributed by atoms with Gasteiger partial charge in [-0.1, -0.05) is 29.8 Å². The number of carbonyl (C=O) groups excluding carboxylic acids is 1. The van der Waals surface area contributed by atoms with E-state index in [2.05, 4.69) is 15.4 Å². The highest BCUT2D eigenvalue weighted by atomic mass is 35.5. The Hall–Kier alpha value is -3.13. The number of para-hydroxylation sites is 1. The standard InChI is InChI=1S/C19H16ClFN4O3/c1-27-16-7-2-4-11(15-8-17(26)24-19-22-10-23-25(15)19)18(16)28-9-12-13(20)5-3-6-14(12)21/h2-7,10,15H,8-9H2,1H3,(H,22,23,24,26)/t15-/m1/s1. The number of rotatable bonds is 5. The molecule has 0 spiro atoms. The van der Waals surface area contributed by atoms with Crippen LogP contribution >= 0.6 is 11.6 Å². The number of halogens is 2. The van der Waals surface area contributed by atoms with Crippen molar-refractivity contribution in [1.29, 1.82) is 0 Å². The fourth-order valence-electron chi connectivity index (χ4n) is 3.17. The molecule has 0 saturated heterocycles. The van der Waals surface area contributed by atoms with E-state index in [1.54, 1.807) is 22.9 Å². The molecule has 3 aromatic rings. The number of ether oxygens (including phenoxy) is 2. The molecule has 0 saturated carbocycles. The monoisotopic (exact) mass is 402 g/mol. The smallest absolute Gasteiger partial charge is 0.229 e. The van der Waals surface area contributed by atoms with Crippen LogP contribution in [0.3, 0.4) is 0 Å². The molecule has 1 aliphatic rings. The summed E-state index contributed by atoms with van der Waals surface area (Å²) >= 11 is 6.10. The van der Waals surface area contributed by atoms with Crippen molar-refractivity contribution in [2.75, 3.05) is 12.4 Å². The number of hydrogen-bond acceptors (Lipinski definition) is 5. The van der Waals surface area contributed by atoms with Crippen LogP contribution in [0.25, 0.3) is 0 Å². The number of benzene rings is 2. The van der Waals surface area contributed by atoms with Crippen LogP contribution in [0.2, 0.25) is 5.02 Å². The summed E-state index contributed by atoms with van der Waals surface area (Å²) in [5.41, 5.74) is 0.914. The molecule has 1 aliphatic heterocycles. The highest BCUT2D eigenvalue weighted by molar-refractivity contribution is 6.31. The molecule has 0 aliphatic carbocycles. The molecule has 28 heavy (non-hydrogen) atoms. The topological polar surface area (TPSA) is 78.3 Å². The van der Waals surface area contributed by atoms with Crippen molar-refractivity contribution >= 4 is 23.5 Å². The molecule has 9 heteroatoms. The number of nitrogens with zero attached hydrogens (tertiary/aromatic N) is 3. The van der Waals surface area contributed by atoms with Gasteiger partial charge in [0.2, 0.25) is 11.9 Å². The summed E-state index contributed by atoms with van der Waals surface area (Å²) in [6, 6.07) is 9.35. The van der Waals surface area contributed by atoms with Gasteiger partial charge in [0, 0.05) is 11.1 Å². The second-order valence-corrected chi connectivity index (χ2v) is 6.57. The summed E-state index contributed by atoms with van der Waals surface area (Å²) < 4.78 is 27.1. The van der Waals surface area contributed by atoms with E-state index in [-0.39, 0.29) is 29.5 Å². The lowest BCUT2D eigenvalue weighted by molar-refractivity contribution is -0.117. The Labute approximate surface area is 165 Å². The first kappa shape index (κ1) is 18.2. The number of anilines is 1. The van der Waals surface area contributed by atoms with Gasteiger partial charge in [-0.25, -0.2) is 9.07 Å². The van der Waals surface area contributed by atoms with Crippen LogP contribution in [0.15, 0.2) is 42.7 Å². The summed E-state index contributed by atoms with van der Waals surface area (Å²) in [7, 11) is 1.51. The minimum Gasteiger partial charge on any atom is -0.493 e. The Kier molecular flexibility index (Phi) is 4.87. The molecule has 0 unspecified atom stereocenters. The van der Waals surface area contributed by atoms with Crippen molar-refractivity contribution in [3.63, 3.8) is 0 Å². The van der Waals surface area contributed by atoms with E-state index in [4.69, 9.17) is 21.1 Å². The molecule has 4 rings (SSSR count). The van der Waals surface area contributed by atoms with Gasteiger partial charge in [-0.2, -0.15) is 10.1 Å². The predicted molar refractivity (Wildman–Crippen MR) is 100 cm³/mol. The third-order valence-electron chi connectivity index (χ3n) is 4.51. The first-order valence-electron chi connectivity index (χ1n) is 8.50. The summed E-state index contributed by atoms with van der Waals surface area (Å²) in [6.07, 6.45) is 1.52. The number of methoxy groups -OCH3 is 1. The molecule has 7 nitrogen and oxygen atoms in total. The molecule has 1 N–H and O–H groups in total. The van der Waals surface area contributed by atoms with Gasteiger partial charge in [0.05, 0.1) is 24.6 Å². The summed E-state index contributed by atoms with van der Waals surface area (Å²) in [5, 5.41) is 7.15. The molecule has 0 fully saturated rings. The van der Waals surface area contributed by atoms with Crippen LogP contribution in [-0.2, 0) is 11.4 Å². The molecule has 1 amide bonds. The van der Waals surface area contributed by atoms with Gasteiger partial charge in [0.15, 0.2) is 11.5 Å². The number of amides is 1. The van der Waals surface area contributed by atoms with Crippen molar-refractivity contribution in [3.8, 4) is 11.5 Å². The number of nitrogens with one attached hydrogen (secondary N) is 1. The van der Waals surface area contributed by atoms with Gasteiger partial charge in [0.1, 0.15) is 18.8 Å². The second-order valence-electron chi connectivity index (χ2n) is 6.16. The first-order chi connectivity index (χ1) is 13.6. The van der Waals surface area contributed by atoms with Gasteiger partial charge in [-0.05, 0) is 18.2 Å². The Morgan fingerprint density at radius 3 is 2.93 bits per heavy atom. The molecule has 2 heterocycles. The van der Waals surface area contributed by atoms with Gasteiger partial charge in [-0.3, -0.25) is 10.1 Å². The number of fused-ring (bicyclic) bond motifs is 1. The maximum absolute atomic E-state index is 14.1. The first-order valence-corrected chi connectivity index (χ1v) is 8.88. The lowest BCUT2D eigenvalue weighted by atomic mass is 10.0. The van der Waals surface area contributed by atoms with E-state index in [1.165, 1.54) is 25.6 Å². The van der Waals surface area contributed by atoms with Crippen molar-refractivity contribution < 1.29 is 18.7 Å². The van der Waals surface area contributed by atoms with Crippen LogP contribution < -0.4 is 14.8 Å². The fourth-order valence-corrected chi connectivity index (χ4v) is 3.39. The van der Waals surface area contributed by atoms with Crippen LogP contribution in [0, 0.1) is 5.82 Å². The summed E-state index contributed by atoms with van der Waals surface area (Å²) in [5.74, 6) is 0.561. The lowest BCUT2D eigenvalue weighted by Gasteiger charge is -2.26. The van der Waals surface area contributed by atoms with Crippen molar-refractivity contribution in [2.24, 2.45) is 0 Å². The molecular formula is C19H16ClFN4O3. The molecule has 1 aromatic heterocycles. The van der Waals surface area contributed by atoms with Crippen molar-refractivity contribution in [3.05, 3.63) is 64.7 Å². The van der Waals surface area contributed by atoms with Gasteiger partial charge in [0.25, 0.3) is 0 Å². The minimum atomic E-state index is -0.459. The predicted octanol–water partition coefficient (Wildman–Crippen LogP) is 3.59. The number of hydrogen-bond donors (Lipinski definition) is 1.